The first-order valence-electron chi connectivity index (χ1n) is 8.34. The third-order valence-corrected chi connectivity index (χ3v) is 5.21. The second kappa shape index (κ2) is 6.34. The van der Waals surface area contributed by atoms with Crippen molar-refractivity contribution in [3.63, 3.8) is 0 Å². The van der Waals surface area contributed by atoms with Gasteiger partial charge in [-0.05, 0) is 36.6 Å². The Labute approximate surface area is 151 Å². The van der Waals surface area contributed by atoms with Gasteiger partial charge in [-0.25, -0.2) is 4.98 Å². The summed E-state index contributed by atoms with van der Waals surface area (Å²) in [5.41, 5.74) is 2.33. The molecule has 1 aliphatic heterocycles. The molecule has 124 valence electrons. The Hall–Kier alpha value is -2.64. The summed E-state index contributed by atoms with van der Waals surface area (Å²) >= 11 is 6.00. The Bertz CT molecular complexity index is 941. The number of nitrogens with zero attached hydrogens (tertiary/aromatic N) is 4. The van der Waals surface area contributed by atoms with E-state index in [0.29, 0.717) is 5.02 Å². The molecule has 0 amide bonds. The van der Waals surface area contributed by atoms with Crippen LogP contribution in [0.4, 0.5) is 5.82 Å². The van der Waals surface area contributed by atoms with Gasteiger partial charge in [0.2, 0.25) is 0 Å². The van der Waals surface area contributed by atoms with Crippen molar-refractivity contribution in [1.82, 2.24) is 9.97 Å². The maximum Gasteiger partial charge on any atom is 0.147 e. The lowest BCUT2D eigenvalue weighted by atomic mass is 9.74. The topological polar surface area (TPSA) is 52.8 Å². The Kier molecular flexibility index (Phi) is 4.03. The molecule has 0 bridgehead atoms. The molecule has 0 aliphatic carbocycles. The van der Waals surface area contributed by atoms with Gasteiger partial charge in [0.15, 0.2) is 0 Å². The molecule has 0 N–H and O–H groups in total. The van der Waals surface area contributed by atoms with Crippen LogP contribution in [-0.4, -0.2) is 23.1 Å². The highest BCUT2D eigenvalue weighted by Gasteiger charge is 2.36. The Morgan fingerprint density at radius 1 is 1.04 bits per heavy atom. The van der Waals surface area contributed by atoms with E-state index in [1.54, 1.807) is 6.20 Å². The molecular formula is C20H17ClN4. The summed E-state index contributed by atoms with van der Waals surface area (Å²) in [6.45, 7) is 1.58. The van der Waals surface area contributed by atoms with Gasteiger partial charge in [-0.15, -0.1) is 0 Å². The van der Waals surface area contributed by atoms with E-state index >= 15 is 0 Å². The zero-order valence-electron chi connectivity index (χ0n) is 13.7. The maximum absolute atomic E-state index is 9.81. The lowest BCUT2D eigenvalue weighted by Gasteiger charge is -2.38. The molecule has 3 aromatic rings. The third kappa shape index (κ3) is 2.92. The highest BCUT2D eigenvalue weighted by Crippen LogP contribution is 2.36. The zero-order valence-corrected chi connectivity index (χ0v) is 14.4. The molecule has 25 heavy (non-hydrogen) atoms. The summed E-state index contributed by atoms with van der Waals surface area (Å²) in [5.74, 6) is 0.856. The van der Waals surface area contributed by atoms with E-state index in [4.69, 9.17) is 16.6 Å². The summed E-state index contributed by atoms with van der Waals surface area (Å²) in [4.78, 5) is 11.4. The number of fused-ring (bicyclic) bond motifs is 1. The number of rotatable bonds is 2. The van der Waals surface area contributed by atoms with Crippen LogP contribution in [0.15, 0.2) is 54.7 Å². The highest BCUT2D eigenvalue weighted by atomic mass is 35.5. The fourth-order valence-corrected chi connectivity index (χ4v) is 3.63. The summed E-state index contributed by atoms with van der Waals surface area (Å²) in [6.07, 6.45) is 3.36. The average molecular weight is 349 g/mol. The quantitative estimate of drug-likeness (QED) is 0.691. The molecule has 5 heteroatoms. The second-order valence-corrected chi connectivity index (χ2v) is 6.84. The Morgan fingerprint density at radius 3 is 2.52 bits per heavy atom. The number of hydrogen-bond donors (Lipinski definition) is 0. The van der Waals surface area contributed by atoms with Crippen molar-refractivity contribution in [2.45, 2.75) is 18.3 Å². The van der Waals surface area contributed by atoms with Crippen molar-refractivity contribution in [3.8, 4) is 6.07 Å². The van der Waals surface area contributed by atoms with Crippen LogP contribution in [0.25, 0.3) is 11.0 Å². The molecule has 1 saturated heterocycles. The van der Waals surface area contributed by atoms with Crippen LogP contribution in [0.1, 0.15) is 18.4 Å². The first-order valence-corrected chi connectivity index (χ1v) is 8.72. The summed E-state index contributed by atoms with van der Waals surface area (Å²) in [7, 11) is 0. The molecule has 1 fully saturated rings. The maximum atomic E-state index is 9.81. The van der Waals surface area contributed by atoms with E-state index in [1.165, 1.54) is 0 Å². The molecular weight excluding hydrogens is 332 g/mol. The summed E-state index contributed by atoms with van der Waals surface area (Å²) < 4.78 is 0. The predicted molar refractivity (Wildman–Crippen MR) is 99.7 cm³/mol. The zero-order chi connectivity index (χ0) is 17.3. The molecule has 0 atom stereocenters. The van der Waals surface area contributed by atoms with Crippen LogP contribution < -0.4 is 4.90 Å². The summed E-state index contributed by atoms with van der Waals surface area (Å²) in [6, 6.07) is 18.2. The van der Waals surface area contributed by atoms with Crippen LogP contribution in [0.3, 0.4) is 0 Å². The second-order valence-electron chi connectivity index (χ2n) is 6.41. The monoisotopic (exact) mass is 348 g/mol. The van der Waals surface area contributed by atoms with Gasteiger partial charge in [0, 0.05) is 18.1 Å². The molecule has 4 nitrogen and oxygen atoms in total. The van der Waals surface area contributed by atoms with Crippen LogP contribution >= 0.6 is 11.6 Å². The van der Waals surface area contributed by atoms with E-state index in [0.717, 1.165) is 48.3 Å². The molecule has 0 saturated carbocycles. The number of piperidine rings is 1. The van der Waals surface area contributed by atoms with Crippen molar-refractivity contribution in [2.24, 2.45) is 0 Å². The fourth-order valence-electron chi connectivity index (χ4n) is 3.47. The standard InChI is InChI=1S/C20H17ClN4/c21-16-6-7-17-18(12-16)23-13-19(24-17)25-10-8-20(14-22,9-11-25)15-4-2-1-3-5-15/h1-7,12-13H,8-11H2. The van der Waals surface area contributed by atoms with Crippen LogP contribution in [0.5, 0.6) is 0 Å². The van der Waals surface area contributed by atoms with Crippen molar-refractivity contribution in [3.05, 3.63) is 65.3 Å². The Morgan fingerprint density at radius 2 is 1.80 bits per heavy atom. The lowest BCUT2D eigenvalue weighted by Crippen LogP contribution is -2.42. The minimum atomic E-state index is -0.407. The van der Waals surface area contributed by atoms with Gasteiger partial charge in [0.1, 0.15) is 5.82 Å². The number of hydrogen-bond acceptors (Lipinski definition) is 4. The van der Waals surface area contributed by atoms with Gasteiger partial charge < -0.3 is 4.90 Å². The van der Waals surface area contributed by atoms with Crippen molar-refractivity contribution in [1.29, 1.82) is 5.26 Å². The Balaban J connectivity index is 1.57. The number of aromatic nitrogens is 2. The van der Waals surface area contributed by atoms with Gasteiger partial charge in [-0.1, -0.05) is 41.9 Å². The van der Waals surface area contributed by atoms with Gasteiger partial charge in [0.05, 0.1) is 28.7 Å². The van der Waals surface area contributed by atoms with Crippen molar-refractivity contribution < 1.29 is 0 Å². The molecule has 0 radical (unpaired) electrons. The smallest absolute Gasteiger partial charge is 0.147 e. The van der Waals surface area contributed by atoms with Crippen LogP contribution in [-0.2, 0) is 5.41 Å². The van der Waals surface area contributed by atoms with Crippen LogP contribution in [0.2, 0.25) is 5.02 Å². The number of benzene rings is 2. The minimum Gasteiger partial charge on any atom is -0.355 e. The first-order chi connectivity index (χ1) is 12.2. The van der Waals surface area contributed by atoms with Gasteiger partial charge in [-0.3, -0.25) is 4.98 Å². The third-order valence-electron chi connectivity index (χ3n) is 4.97. The largest absolute Gasteiger partial charge is 0.355 e. The van der Waals surface area contributed by atoms with Gasteiger partial charge in [-0.2, -0.15) is 5.26 Å². The summed E-state index contributed by atoms with van der Waals surface area (Å²) in [5, 5.41) is 10.5. The minimum absolute atomic E-state index is 0.407. The van der Waals surface area contributed by atoms with E-state index in [1.807, 2.05) is 36.4 Å². The SMILES string of the molecule is N#CC1(c2ccccc2)CCN(c2cnc3cc(Cl)ccc3n2)CC1. The molecule has 0 spiro atoms. The molecule has 2 heterocycles. The number of halogens is 1. The molecule has 1 aliphatic rings. The van der Waals surface area contributed by atoms with E-state index in [9.17, 15) is 5.26 Å². The molecule has 1 aromatic heterocycles. The van der Waals surface area contributed by atoms with Crippen LogP contribution in [0, 0.1) is 11.3 Å². The predicted octanol–water partition coefficient (Wildman–Crippen LogP) is 4.34. The normalized spacial score (nSPS) is 16.6. The van der Waals surface area contributed by atoms with Gasteiger partial charge >= 0.3 is 0 Å². The molecule has 0 unspecified atom stereocenters. The average Bonchev–Trinajstić information content (AvgIpc) is 2.68. The number of nitriles is 1. The van der Waals surface area contributed by atoms with E-state index in [2.05, 4.69) is 28.1 Å². The highest BCUT2D eigenvalue weighted by molar-refractivity contribution is 6.31. The van der Waals surface area contributed by atoms with Crippen molar-refractivity contribution >= 4 is 28.5 Å². The first kappa shape index (κ1) is 15.9. The van der Waals surface area contributed by atoms with Gasteiger partial charge in [0.25, 0.3) is 0 Å². The fraction of sp³-hybridized carbons (Fsp3) is 0.250. The molecule has 4 rings (SSSR count). The van der Waals surface area contributed by atoms with Crippen molar-refractivity contribution in [2.75, 3.05) is 18.0 Å². The number of anilines is 1. The lowest BCUT2D eigenvalue weighted by molar-refractivity contribution is 0.414. The molecule has 2 aromatic carbocycles. The van der Waals surface area contributed by atoms with E-state index < -0.39 is 5.41 Å². The van der Waals surface area contributed by atoms with E-state index in [-0.39, 0.29) is 0 Å².